The Morgan fingerprint density at radius 1 is 1.18 bits per heavy atom. The second kappa shape index (κ2) is 4.04. The van der Waals surface area contributed by atoms with E-state index in [0.29, 0.717) is 0 Å². The first-order chi connectivity index (χ1) is 8.31. The second-order valence-corrected chi connectivity index (χ2v) is 4.61. The topological polar surface area (TPSA) is 12.5 Å². The molecule has 1 aliphatic rings. The maximum Gasteiger partial charge on any atom is 0.119 e. The summed E-state index contributed by atoms with van der Waals surface area (Å²) in [6, 6.07) is 10.9. The molecule has 0 amide bonds. The number of methoxy groups -OCH3 is 1. The fourth-order valence-electron chi connectivity index (χ4n) is 2.71. The van der Waals surface area contributed by atoms with Gasteiger partial charge in [-0.05, 0) is 40.6 Å². The van der Waals surface area contributed by atoms with Gasteiger partial charge in [-0.1, -0.05) is 25.1 Å². The van der Waals surface area contributed by atoms with Crippen LogP contribution in [0.3, 0.4) is 0 Å². The summed E-state index contributed by atoms with van der Waals surface area (Å²) < 4.78 is 5.38. The largest absolute Gasteiger partial charge is 0.497 e. The molecular formula is C15H17NO. The molecule has 1 heterocycles. The first-order valence-electron chi connectivity index (χ1n) is 6.12. The molecule has 0 atom stereocenters. The van der Waals surface area contributed by atoms with Crippen molar-refractivity contribution in [1.29, 1.82) is 0 Å². The minimum atomic E-state index is 0.961. The van der Waals surface area contributed by atoms with Crippen LogP contribution in [0.5, 0.6) is 5.75 Å². The van der Waals surface area contributed by atoms with Crippen LogP contribution in [0.2, 0.25) is 0 Å². The van der Waals surface area contributed by atoms with Crippen LogP contribution in [0.25, 0.3) is 10.8 Å². The van der Waals surface area contributed by atoms with Crippen LogP contribution in [-0.2, 0) is 13.1 Å². The highest BCUT2D eigenvalue weighted by Crippen LogP contribution is 2.33. The predicted octanol–water partition coefficient (Wildman–Crippen LogP) is 3.18. The Labute approximate surface area is 102 Å². The Balaban J connectivity index is 2.25. The van der Waals surface area contributed by atoms with E-state index in [1.165, 1.54) is 21.9 Å². The van der Waals surface area contributed by atoms with Gasteiger partial charge in [0.2, 0.25) is 0 Å². The Hall–Kier alpha value is -1.54. The first kappa shape index (κ1) is 10.6. The van der Waals surface area contributed by atoms with Crippen molar-refractivity contribution >= 4 is 10.8 Å². The molecule has 0 saturated carbocycles. The van der Waals surface area contributed by atoms with Crippen LogP contribution in [-0.4, -0.2) is 18.6 Å². The highest BCUT2D eigenvalue weighted by molar-refractivity contribution is 5.90. The fraction of sp³-hybridized carbons (Fsp3) is 0.333. The zero-order valence-corrected chi connectivity index (χ0v) is 10.4. The van der Waals surface area contributed by atoms with E-state index in [0.717, 1.165) is 25.4 Å². The Kier molecular flexibility index (Phi) is 2.52. The molecule has 2 aromatic rings. The van der Waals surface area contributed by atoms with Gasteiger partial charge in [-0.2, -0.15) is 0 Å². The Morgan fingerprint density at radius 3 is 2.76 bits per heavy atom. The van der Waals surface area contributed by atoms with E-state index < -0.39 is 0 Å². The molecule has 0 spiro atoms. The van der Waals surface area contributed by atoms with Crippen LogP contribution in [0, 0.1) is 0 Å². The van der Waals surface area contributed by atoms with Crippen molar-refractivity contribution in [3.8, 4) is 5.75 Å². The first-order valence-corrected chi connectivity index (χ1v) is 6.12. The molecule has 0 bridgehead atoms. The SMILES string of the molecule is CCN1Cc2cccc3cc(OC)cc(c23)C1. The van der Waals surface area contributed by atoms with Crippen LogP contribution in [0.4, 0.5) is 0 Å². The van der Waals surface area contributed by atoms with E-state index in [4.69, 9.17) is 4.74 Å². The summed E-state index contributed by atoms with van der Waals surface area (Å²) in [5.41, 5.74) is 2.83. The van der Waals surface area contributed by atoms with Crippen molar-refractivity contribution in [2.45, 2.75) is 20.0 Å². The molecule has 0 N–H and O–H groups in total. The molecule has 2 heteroatoms. The molecule has 0 fully saturated rings. The van der Waals surface area contributed by atoms with Gasteiger partial charge in [-0.15, -0.1) is 0 Å². The fourth-order valence-corrected chi connectivity index (χ4v) is 2.71. The average Bonchev–Trinajstić information content (AvgIpc) is 2.38. The molecule has 3 rings (SSSR count). The van der Waals surface area contributed by atoms with Crippen molar-refractivity contribution in [2.75, 3.05) is 13.7 Å². The van der Waals surface area contributed by atoms with Gasteiger partial charge in [0.1, 0.15) is 5.75 Å². The molecule has 1 aliphatic heterocycles. The number of hydrogen-bond donors (Lipinski definition) is 0. The number of ether oxygens (including phenoxy) is 1. The molecule has 2 aromatic carbocycles. The van der Waals surface area contributed by atoms with Crippen molar-refractivity contribution < 1.29 is 4.74 Å². The number of nitrogens with zero attached hydrogens (tertiary/aromatic N) is 1. The van der Waals surface area contributed by atoms with E-state index in [1.54, 1.807) is 7.11 Å². The van der Waals surface area contributed by atoms with Crippen molar-refractivity contribution in [3.63, 3.8) is 0 Å². The number of benzene rings is 2. The van der Waals surface area contributed by atoms with Crippen LogP contribution >= 0.6 is 0 Å². The van der Waals surface area contributed by atoms with Gasteiger partial charge < -0.3 is 4.74 Å². The van der Waals surface area contributed by atoms with E-state index in [2.05, 4.69) is 42.2 Å². The monoisotopic (exact) mass is 227 g/mol. The summed E-state index contributed by atoms with van der Waals surface area (Å²) in [7, 11) is 1.73. The lowest BCUT2D eigenvalue weighted by atomic mass is 9.95. The summed E-state index contributed by atoms with van der Waals surface area (Å²) in [6.07, 6.45) is 0. The van der Waals surface area contributed by atoms with E-state index in [9.17, 15) is 0 Å². The molecule has 0 unspecified atom stereocenters. The Bertz CT molecular complexity index is 562. The molecule has 88 valence electrons. The van der Waals surface area contributed by atoms with Crippen molar-refractivity contribution in [3.05, 3.63) is 41.5 Å². The summed E-state index contributed by atoms with van der Waals surface area (Å²) in [5.74, 6) is 0.961. The lowest BCUT2D eigenvalue weighted by Crippen LogP contribution is -2.26. The quantitative estimate of drug-likeness (QED) is 0.781. The maximum absolute atomic E-state index is 5.38. The van der Waals surface area contributed by atoms with Crippen molar-refractivity contribution in [1.82, 2.24) is 4.90 Å². The average molecular weight is 227 g/mol. The molecule has 17 heavy (non-hydrogen) atoms. The lowest BCUT2D eigenvalue weighted by molar-refractivity contribution is 0.266. The smallest absolute Gasteiger partial charge is 0.119 e. The number of hydrogen-bond acceptors (Lipinski definition) is 2. The summed E-state index contributed by atoms with van der Waals surface area (Å²) in [5, 5.41) is 2.73. The van der Waals surface area contributed by atoms with Gasteiger partial charge in [0, 0.05) is 13.1 Å². The standard InChI is InChI=1S/C15H17NO/c1-3-16-9-12-6-4-5-11-7-14(17-2)8-13(10-16)15(11)12/h4-8H,3,9-10H2,1-2H3. The van der Waals surface area contributed by atoms with E-state index in [-0.39, 0.29) is 0 Å². The molecule has 0 radical (unpaired) electrons. The van der Waals surface area contributed by atoms with E-state index in [1.807, 2.05) is 0 Å². The lowest BCUT2D eigenvalue weighted by Gasteiger charge is -2.28. The van der Waals surface area contributed by atoms with Gasteiger partial charge in [0.15, 0.2) is 0 Å². The molecule has 0 aromatic heterocycles. The van der Waals surface area contributed by atoms with Crippen LogP contribution in [0.15, 0.2) is 30.3 Å². The predicted molar refractivity (Wildman–Crippen MR) is 70.3 cm³/mol. The van der Waals surface area contributed by atoms with Gasteiger partial charge in [-0.25, -0.2) is 0 Å². The van der Waals surface area contributed by atoms with Gasteiger partial charge in [0.05, 0.1) is 7.11 Å². The third kappa shape index (κ3) is 1.69. The minimum absolute atomic E-state index is 0.961. The third-order valence-electron chi connectivity index (χ3n) is 3.59. The normalized spacial score (nSPS) is 15.2. The molecular weight excluding hydrogens is 210 g/mol. The zero-order chi connectivity index (χ0) is 11.8. The molecule has 0 aliphatic carbocycles. The van der Waals surface area contributed by atoms with Gasteiger partial charge in [-0.3, -0.25) is 4.90 Å². The highest BCUT2D eigenvalue weighted by Gasteiger charge is 2.17. The summed E-state index contributed by atoms with van der Waals surface area (Å²) >= 11 is 0. The Morgan fingerprint density at radius 2 is 2.00 bits per heavy atom. The molecule has 0 saturated heterocycles. The van der Waals surface area contributed by atoms with E-state index >= 15 is 0 Å². The minimum Gasteiger partial charge on any atom is -0.497 e. The van der Waals surface area contributed by atoms with Gasteiger partial charge in [0.25, 0.3) is 0 Å². The van der Waals surface area contributed by atoms with Crippen LogP contribution in [0.1, 0.15) is 18.1 Å². The van der Waals surface area contributed by atoms with Crippen LogP contribution < -0.4 is 4.74 Å². The third-order valence-corrected chi connectivity index (χ3v) is 3.59. The molecule has 2 nitrogen and oxygen atoms in total. The van der Waals surface area contributed by atoms with Gasteiger partial charge >= 0.3 is 0 Å². The summed E-state index contributed by atoms with van der Waals surface area (Å²) in [6.45, 7) is 5.40. The second-order valence-electron chi connectivity index (χ2n) is 4.61. The maximum atomic E-state index is 5.38. The summed E-state index contributed by atoms with van der Waals surface area (Å²) in [4.78, 5) is 2.45. The number of rotatable bonds is 2. The van der Waals surface area contributed by atoms with Crippen molar-refractivity contribution in [2.24, 2.45) is 0 Å². The zero-order valence-electron chi connectivity index (χ0n) is 10.4. The highest BCUT2D eigenvalue weighted by atomic mass is 16.5.